The number of hydrogen-bond donors (Lipinski definition) is 1. The smallest absolute Gasteiger partial charge is 0.00206 e. The normalized spacial score (nSPS) is 15.8. The average molecular weight is 211 g/mol. The number of rotatable bonds is 5. The first-order chi connectivity index (χ1) is 6.58. The molecule has 2 heteroatoms. The number of thiophene rings is 1. The molecule has 80 valence electrons. The Bertz CT molecular complexity index is 253. The van der Waals surface area contributed by atoms with Crippen molar-refractivity contribution in [3.63, 3.8) is 0 Å². The van der Waals surface area contributed by atoms with E-state index in [0.29, 0.717) is 11.3 Å². The molecule has 0 fully saturated rings. The summed E-state index contributed by atoms with van der Waals surface area (Å²) in [4.78, 5) is 0. The van der Waals surface area contributed by atoms with E-state index in [9.17, 15) is 0 Å². The highest BCUT2D eigenvalue weighted by Gasteiger charge is 2.26. The van der Waals surface area contributed by atoms with Crippen molar-refractivity contribution in [2.45, 2.75) is 33.6 Å². The summed E-state index contributed by atoms with van der Waals surface area (Å²) in [6.07, 6.45) is 2.35. The SMILES string of the molecule is CC(C)C(C)(CN)CCc1ccsc1. The molecule has 0 aliphatic rings. The van der Waals surface area contributed by atoms with E-state index in [1.165, 1.54) is 12.0 Å². The lowest BCUT2D eigenvalue weighted by atomic mass is 9.75. The highest BCUT2D eigenvalue weighted by molar-refractivity contribution is 7.07. The Morgan fingerprint density at radius 2 is 2.21 bits per heavy atom. The van der Waals surface area contributed by atoms with Crippen molar-refractivity contribution < 1.29 is 0 Å². The Kier molecular flexibility index (Phi) is 4.14. The van der Waals surface area contributed by atoms with Crippen molar-refractivity contribution in [1.82, 2.24) is 0 Å². The summed E-state index contributed by atoms with van der Waals surface area (Å²) in [5.74, 6) is 0.658. The molecule has 1 nitrogen and oxygen atoms in total. The monoisotopic (exact) mass is 211 g/mol. The van der Waals surface area contributed by atoms with Crippen molar-refractivity contribution in [2.75, 3.05) is 6.54 Å². The van der Waals surface area contributed by atoms with Crippen LogP contribution in [0.15, 0.2) is 16.8 Å². The molecule has 0 spiro atoms. The maximum absolute atomic E-state index is 5.85. The topological polar surface area (TPSA) is 26.0 Å². The molecule has 0 aliphatic heterocycles. The first-order valence-corrected chi connectivity index (χ1v) is 6.24. The van der Waals surface area contributed by atoms with Gasteiger partial charge in [0.05, 0.1) is 0 Å². The molecule has 1 aromatic heterocycles. The van der Waals surface area contributed by atoms with Gasteiger partial charge in [0.25, 0.3) is 0 Å². The second-order valence-electron chi connectivity index (χ2n) is 4.64. The van der Waals surface area contributed by atoms with Crippen LogP contribution in [0, 0.1) is 11.3 Å². The van der Waals surface area contributed by atoms with Crippen LogP contribution in [0.3, 0.4) is 0 Å². The summed E-state index contributed by atoms with van der Waals surface area (Å²) in [6.45, 7) is 7.61. The fraction of sp³-hybridized carbons (Fsp3) is 0.667. The summed E-state index contributed by atoms with van der Waals surface area (Å²) in [6, 6.07) is 2.21. The van der Waals surface area contributed by atoms with Gasteiger partial charge in [0.2, 0.25) is 0 Å². The quantitative estimate of drug-likeness (QED) is 0.794. The number of aryl methyl sites for hydroxylation is 1. The minimum atomic E-state index is 0.294. The van der Waals surface area contributed by atoms with Crippen LogP contribution in [0.4, 0.5) is 0 Å². The molecule has 14 heavy (non-hydrogen) atoms. The zero-order valence-electron chi connectivity index (χ0n) is 9.42. The van der Waals surface area contributed by atoms with Crippen LogP contribution < -0.4 is 5.73 Å². The Morgan fingerprint density at radius 3 is 2.64 bits per heavy atom. The fourth-order valence-corrected chi connectivity index (χ4v) is 2.19. The summed E-state index contributed by atoms with van der Waals surface area (Å²) < 4.78 is 0. The zero-order valence-corrected chi connectivity index (χ0v) is 10.2. The van der Waals surface area contributed by atoms with E-state index in [1.807, 2.05) is 0 Å². The minimum Gasteiger partial charge on any atom is -0.330 e. The molecule has 0 aliphatic carbocycles. The lowest BCUT2D eigenvalue weighted by molar-refractivity contribution is 0.210. The van der Waals surface area contributed by atoms with Gasteiger partial charge in [-0.25, -0.2) is 0 Å². The Morgan fingerprint density at radius 1 is 1.50 bits per heavy atom. The molecular weight excluding hydrogens is 190 g/mol. The molecule has 1 aromatic rings. The van der Waals surface area contributed by atoms with Gasteiger partial charge in [-0.3, -0.25) is 0 Å². The first-order valence-electron chi connectivity index (χ1n) is 5.29. The molecule has 1 atom stereocenters. The Balaban J connectivity index is 2.50. The van der Waals surface area contributed by atoms with Gasteiger partial charge in [-0.15, -0.1) is 0 Å². The van der Waals surface area contributed by atoms with Crippen LogP contribution in [0.25, 0.3) is 0 Å². The number of nitrogens with two attached hydrogens (primary N) is 1. The Hall–Kier alpha value is -0.340. The average Bonchev–Trinajstić information content (AvgIpc) is 2.66. The Labute approximate surface area is 91.3 Å². The van der Waals surface area contributed by atoms with E-state index < -0.39 is 0 Å². The van der Waals surface area contributed by atoms with Crippen LogP contribution >= 0.6 is 11.3 Å². The van der Waals surface area contributed by atoms with Gasteiger partial charge in [0.1, 0.15) is 0 Å². The number of hydrogen-bond acceptors (Lipinski definition) is 2. The van der Waals surface area contributed by atoms with Crippen LogP contribution in [0.5, 0.6) is 0 Å². The molecular formula is C12H21NS. The summed E-state index contributed by atoms with van der Waals surface area (Å²) in [5, 5.41) is 4.38. The van der Waals surface area contributed by atoms with Gasteiger partial charge < -0.3 is 5.73 Å². The van der Waals surface area contributed by atoms with Gasteiger partial charge in [-0.05, 0) is 53.1 Å². The van der Waals surface area contributed by atoms with Gasteiger partial charge in [-0.2, -0.15) is 11.3 Å². The summed E-state index contributed by atoms with van der Waals surface area (Å²) in [7, 11) is 0. The second-order valence-corrected chi connectivity index (χ2v) is 5.42. The lowest BCUT2D eigenvalue weighted by Gasteiger charge is -2.32. The summed E-state index contributed by atoms with van der Waals surface area (Å²) >= 11 is 1.77. The molecule has 1 heterocycles. The lowest BCUT2D eigenvalue weighted by Crippen LogP contribution is -2.33. The molecule has 0 aromatic carbocycles. The minimum absolute atomic E-state index is 0.294. The third-order valence-corrected chi connectivity index (χ3v) is 4.16. The van der Waals surface area contributed by atoms with Gasteiger partial charge in [-0.1, -0.05) is 20.8 Å². The van der Waals surface area contributed by atoms with E-state index in [1.54, 1.807) is 11.3 Å². The molecule has 0 bridgehead atoms. The van der Waals surface area contributed by atoms with Gasteiger partial charge in [0.15, 0.2) is 0 Å². The maximum atomic E-state index is 5.85. The van der Waals surface area contributed by atoms with Crippen LogP contribution in [-0.4, -0.2) is 6.54 Å². The van der Waals surface area contributed by atoms with Crippen molar-refractivity contribution in [1.29, 1.82) is 0 Å². The molecule has 0 radical (unpaired) electrons. The predicted molar refractivity (Wildman–Crippen MR) is 64.6 cm³/mol. The highest BCUT2D eigenvalue weighted by Crippen LogP contribution is 2.31. The largest absolute Gasteiger partial charge is 0.330 e. The molecule has 0 amide bonds. The molecule has 0 saturated heterocycles. The third kappa shape index (κ3) is 2.82. The van der Waals surface area contributed by atoms with Crippen LogP contribution in [0.2, 0.25) is 0 Å². The van der Waals surface area contributed by atoms with E-state index in [-0.39, 0.29) is 0 Å². The van der Waals surface area contributed by atoms with Crippen LogP contribution in [-0.2, 0) is 6.42 Å². The summed E-state index contributed by atoms with van der Waals surface area (Å²) in [5.41, 5.74) is 7.60. The fourth-order valence-electron chi connectivity index (χ4n) is 1.49. The standard InChI is InChI=1S/C12H21NS/c1-10(2)12(3,9-13)6-4-11-5-7-14-8-11/h5,7-8,10H,4,6,9,13H2,1-3H3. The van der Waals surface area contributed by atoms with E-state index in [4.69, 9.17) is 5.73 Å². The first kappa shape index (κ1) is 11.7. The second kappa shape index (κ2) is 4.94. The van der Waals surface area contributed by atoms with Crippen molar-refractivity contribution in [3.05, 3.63) is 22.4 Å². The zero-order chi connectivity index (χ0) is 10.6. The van der Waals surface area contributed by atoms with Crippen molar-refractivity contribution in [2.24, 2.45) is 17.1 Å². The molecule has 0 saturated carbocycles. The molecule has 1 unspecified atom stereocenters. The van der Waals surface area contributed by atoms with E-state index in [2.05, 4.69) is 37.6 Å². The highest BCUT2D eigenvalue weighted by atomic mass is 32.1. The van der Waals surface area contributed by atoms with Gasteiger partial charge >= 0.3 is 0 Å². The van der Waals surface area contributed by atoms with E-state index >= 15 is 0 Å². The molecule has 2 N–H and O–H groups in total. The van der Waals surface area contributed by atoms with E-state index in [0.717, 1.165) is 13.0 Å². The van der Waals surface area contributed by atoms with Crippen molar-refractivity contribution >= 4 is 11.3 Å². The van der Waals surface area contributed by atoms with Gasteiger partial charge in [0, 0.05) is 0 Å². The molecule has 1 rings (SSSR count). The predicted octanol–water partition coefficient (Wildman–Crippen LogP) is 3.30. The van der Waals surface area contributed by atoms with Crippen LogP contribution in [0.1, 0.15) is 32.8 Å². The van der Waals surface area contributed by atoms with Crippen molar-refractivity contribution in [3.8, 4) is 0 Å². The maximum Gasteiger partial charge on any atom is -0.00206 e. The third-order valence-electron chi connectivity index (χ3n) is 3.43.